The number of carbonyl (C=O) groups excluding carboxylic acids is 3. The Bertz CT molecular complexity index is 1030. The minimum atomic E-state index is -0.694. The summed E-state index contributed by atoms with van der Waals surface area (Å²) in [6.45, 7) is 0.960. The molecule has 1 unspecified atom stereocenters. The molecule has 2 aromatic carbocycles. The van der Waals surface area contributed by atoms with Gasteiger partial charge in [0.05, 0.1) is 17.8 Å². The lowest BCUT2D eigenvalue weighted by Gasteiger charge is -2.40. The molecule has 7 heteroatoms. The second-order valence-corrected chi connectivity index (χ2v) is 8.86. The summed E-state index contributed by atoms with van der Waals surface area (Å²) in [5, 5.41) is 6.03. The molecule has 32 heavy (non-hydrogen) atoms. The third-order valence-corrected chi connectivity index (χ3v) is 6.78. The van der Waals surface area contributed by atoms with Gasteiger partial charge in [-0.05, 0) is 36.1 Å². The number of fused-ring (bicyclic) bond motifs is 2. The molecule has 0 radical (unpaired) electrons. The minimum Gasteiger partial charge on any atom is -0.335 e. The number of carbonyl (C=O) groups is 3. The number of urea groups is 1. The van der Waals surface area contributed by atoms with E-state index in [0.29, 0.717) is 24.3 Å². The molecule has 1 saturated heterocycles. The number of rotatable bonds is 2. The van der Waals surface area contributed by atoms with Gasteiger partial charge < -0.3 is 20.4 Å². The predicted octanol–water partition coefficient (Wildman–Crippen LogP) is 3.47. The molecular formula is C25H28N4O3. The van der Waals surface area contributed by atoms with E-state index in [1.165, 1.54) is 6.42 Å². The summed E-state index contributed by atoms with van der Waals surface area (Å²) in [5.74, 6) is -0.423. The van der Waals surface area contributed by atoms with E-state index < -0.39 is 6.04 Å². The van der Waals surface area contributed by atoms with Crippen LogP contribution in [0.2, 0.25) is 0 Å². The highest BCUT2D eigenvalue weighted by atomic mass is 16.2. The highest BCUT2D eigenvalue weighted by molar-refractivity contribution is 6.10. The van der Waals surface area contributed by atoms with Crippen LogP contribution >= 0.6 is 0 Å². The molecule has 1 aliphatic carbocycles. The first-order valence-corrected chi connectivity index (χ1v) is 11.5. The molecule has 3 aliphatic rings. The highest BCUT2D eigenvalue weighted by Crippen LogP contribution is 2.30. The van der Waals surface area contributed by atoms with Gasteiger partial charge in [-0.3, -0.25) is 9.59 Å². The Hall–Kier alpha value is -3.35. The van der Waals surface area contributed by atoms with Crippen LogP contribution in [0.4, 0.5) is 10.5 Å². The van der Waals surface area contributed by atoms with Crippen molar-refractivity contribution in [2.45, 2.75) is 44.2 Å². The van der Waals surface area contributed by atoms with Crippen molar-refractivity contribution in [3.63, 3.8) is 0 Å². The molecule has 2 N–H and O–H groups in total. The normalized spacial score (nSPS) is 21.3. The zero-order valence-electron chi connectivity index (χ0n) is 18.0. The molecule has 0 aromatic heterocycles. The average Bonchev–Trinajstić information content (AvgIpc) is 2.94. The van der Waals surface area contributed by atoms with Crippen LogP contribution in [-0.4, -0.2) is 59.4 Å². The van der Waals surface area contributed by atoms with Crippen LogP contribution in [0, 0.1) is 0 Å². The molecule has 166 valence electrons. The van der Waals surface area contributed by atoms with E-state index in [1.807, 2.05) is 42.5 Å². The van der Waals surface area contributed by atoms with E-state index in [1.54, 1.807) is 15.9 Å². The molecule has 1 atom stereocenters. The topological polar surface area (TPSA) is 81.8 Å². The van der Waals surface area contributed by atoms with E-state index in [0.717, 1.165) is 36.8 Å². The number of nitrogens with zero attached hydrogens (tertiary/aromatic N) is 2. The van der Waals surface area contributed by atoms with Crippen LogP contribution in [0.1, 0.15) is 42.5 Å². The second-order valence-electron chi connectivity index (χ2n) is 8.86. The van der Waals surface area contributed by atoms with Gasteiger partial charge in [-0.1, -0.05) is 55.7 Å². The standard InChI is InChI=1S/C25H28N4O3/c30-23-22-16-28(25(32)26-19-9-5-2-6-10-19)13-14-29(22)24(31)20-15-18(11-12-21(20)27-23)17-7-3-1-4-8-17/h1,3-4,7-8,11-12,15,19,22H,2,5-6,9-10,13-14,16H2,(H,26,32)(H,27,30). The van der Waals surface area contributed by atoms with E-state index in [-0.39, 0.29) is 30.4 Å². The van der Waals surface area contributed by atoms with Gasteiger partial charge >= 0.3 is 6.03 Å². The highest BCUT2D eigenvalue weighted by Gasteiger charge is 2.40. The van der Waals surface area contributed by atoms with Crippen LogP contribution < -0.4 is 10.6 Å². The van der Waals surface area contributed by atoms with Gasteiger partial charge in [0, 0.05) is 19.1 Å². The Morgan fingerprint density at radius 2 is 1.72 bits per heavy atom. The second kappa shape index (κ2) is 8.65. The predicted molar refractivity (Wildman–Crippen MR) is 122 cm³/mol. The zero-order valence-corrected chi connectivity index (χ0v) is 18.0. The Labute approximate surface area is 187 Å². The maximum atomic E-state index is 13.4. The summed E-state index contributed by atoms with van der Waals surface area (Å²) in [6.07, 6.45) is 5.52. The summed E-state index contributed by atoms with van der Waals surface area (Å²) < 4.78 is 0. The lowest BCUT2D eigenvalue weighted by atomic mass is 9.96. The van der Waals surface area contributed by atoms with Crippen LogP contribution in [0.25, 0.3) is 11.1 Å². The van der Waals surface area contributed by atoms with Crippen LogP contribution in [0.3, 0.4) is 0 Å². The van der Waals surface area contributed by atoms with Gasteiger partial charge in [0.25, 0.3) is 5.91 Å². The molecule has 2 heterocycles. The number of piperazine rings is 1. The molecule has 2 fully saturated rings. The van der Waals surface area contributed by atoms with E-state index in [9.17, 15) is 14.4 Å². The Balaban J connectivity index is 1.34. The summed E-state index contributed by atoms with van der Waals surface area (Å²) >= 11 is 0. The fourth-order valence-corrected chi connectivity index (χ4v) is 4.96. The smallest absolute Gasteiger partial charge is 0.317 e. The molecule has 2 aliphatic heterocycles. The van der Waals surface area contributed by atoms with Crippen molar-refractivity contribution < 1.29 is 14.4 Å². The fourth-order valence-electron chi connectivity index (χ4n) is 4.96. The number of anilines is 1. The SMILES string of the molecule is O=C1Nc2ccc(-c3ccccc3)cc2C(=O)N2CCN(C(=O)NC3CCCCC3)CC12. The number of nitrogens with one attached hydrogen (secondary N) is 2. The third kappa shape index (κ3) is 3.95. The maximum Gasteiger partial charge on any atom is 0.317 e. The molecule has 5 rings (SSSR count). The third-order valence-electron chi connectivity index (χ3n) is 6.78. The van der Waals surface area contributed by atoms with Crippen molar-refractivity contribution in [3.8, 4) is 11.1 Å². The van der Waals surface area contributed by atoms with Crippen molar-refractivity contribution >= 4 is 23.5 Å². The molecule has 2 aromatic rings. The van der Waals surface area contributed by atoms with Gasteiger partial charge in [-0.2, -0.15) is 0 Å². The molecule has 0 spiro atoms. The van der Waals surface area contributed by atoms with Crippen molar-refractivity contribution in [2.75, 3.05) is 25.0 Å². The lowest BCUT2D eigenvalue weighted by Crippen LogP contribution is -2.61. The van der Waals surface area contributed by atoms with Crippen LogP contribution in [-0.2, 0) is 4.79 Å². The monoisotopic (exact) mass is 432 g/mol. The van der Waals surface area contributed by atoms with E-state index >= 15 is 0 Å². The van der Waals surface area contributed by atoms with Crippen LogP contribution in [0.5, 0.6) is 0 Å². The number of amides is 4. The molecule has 0 bridgehead atoms. The quantitative estimate of drug-likeness (QED) is 0.762. The maximum absolute atomic E-state index is 13.4. The molecule has 7 nitrogen and oxygen atoms in total. The van der Waals surface area contributed by atoms with Crippen molar-refractivity contribution in [1.82, 2.24) is 15.1 Å². The summed E-state index contributed by atoms with van der Waals surface area (Å²) in [6, 6.07) is 14.8. The average molecular weight is 433 g/mol. The largest absolute Gasteiger partial charge is 0.335 e. The molecule has 4 amide bonds. The fraction of sp³-hybridized carbons (Fsp3) is 0.400. The first kappa shape index (κ1) is 20.5. The lowest BCUT2D eigenvalue weighted by molar-refractivity contribution is -0.121. The first-order chi connectivity index (χ1) is 15.6. The Morgan fingerprint density at radius 1 is 0.938 bits per heavy atom. The summed E-state index contributed by atoms with van der Waals surface area (Å²) in [5.41, 5.74) is 2.95. The van der Waals surface area contributed by atoms with Gasteiger partial charge in [0.15, 0.2) is 0 Å². The molecular weight excluding hydrogens is 404 g/mol. The van der Waals surface area contributed by atoms with Crippen molar-refractivity contribution in [2.24, 2.45) is 0 Å². The zero-order chi connectivity index (χ0) is 22.1. The molecule has 1 saturated carbocycles. The van der Waals surface area contributed by atoms with Gasteiger partial charge in [-0.25, -0.2) is 4.79 Å². The van der Waals surface area contributed by atoms with Crippen molar-refractivity contribution in [1.29, 1.82) is 0 Å². The summed E-state index contributed by atoms with van der Waals surface area (Å²) in [7, 11) is 0. The van der Waals surface area contributed by atoms with Gasteiger partial charge in [0.1, 0.15) is 6.04 Å². The van der Waals surface area contributed by atoms with E-state index in [4.69, 9.17) is 0 Å². The van der Waals surface area contributed by atoms with Crippen molar-refractivity contribution in [3.05, 3.63) is 54.1 Å². The Kier molecular flexibility index (Phi) is 5.55. The van der Waals surface area contributed by atoms with Gasteiger partial charge in [0.2, 0.25) is 5.91 Å². The van der Waals surface area contributed by atoms with Gasteiger partial charge in [-0.15, -0.1) is 0 Å². The minimum absolute atomic E-state index is 0.134. The number of benzene rings is 2. The van der Waals surface area contributed by atoms with Crippen LogP contribution in [0.15, 0.2) is 48.5 Å². The number of hydrogen-bond acceptors (Lipinski definition) is 3. The summed E-state index contributed by atoms with van der Waals surface area (Å²) in [4.78, 5) is 42.5. The first-order valence-electron chi connectivity index (χ1n) is 11.5. The number of hydrogen-bond donors (Lipinski definition) is 2. The Morgan fingerprint density at radius 3 is 2.50 bits per heavy atom. The van der Waals surface area contributed by atoms with E-state index in [2.05, 4.69) is 10.6 Å².